The average Bonchev–Trinajstić information content (AvgIpc) is 2.63. The zero-order valence-electron chi connectivity index (χ0n) is 8.28. The Labute approximate surface area is 110 Å². The molecule has 1 heterocycles. The highest BCUT2D eigenvalue weighted by molar-refractivity contribution is 9.10. The molecule has 1 aromatic heterocycles. The zero-order valence-corrected chi connectivity index (χ0v) is 10.6. The van der Waals surface area contributed by atoms with Crippen LogP contribution in [0.3, 0.4) is 0 Å². The Morgan fingerprint density at radius 3 is 2.76 bits per heavy atom. The molecule has 0 aliphatic heterocycles. The monoisotopic (exact) mass is 314 g/mol. The van der Waals surface area contributed by atoms with Crippen molar-refractivity contribution >= 4 is 33.3 Å². The third-order valence-electron chi connectivity index (χ3n) is 2.12. The van der Waals surface area contributed by atoms with Gasteiger partial charge in [-0.25, -0.2) is 9.07 Å². The fourth-order valence-corrected chi connectivity index (χ4v) is 1.85. The second-order valence-electron chi connectivity index (χ2n) is 3.18. The summed E-state index contributed by atoms with van der Waals surface area (Å²) in [5.41, 5.74) is 5.84. The molecule has 0 aliphatic carbocycles. The molecule has 0 saturated heterocycles. The largest absolute Gasteiger partial charge is 0.381 e. The molecule has 86 valence electrons. The number of nitrogens with two attached hydrogens (primary N) is 1. The number of hydrogen-bond acceptors (Lipinski definition) is 3. The van der Waals surface area contributed by atoms with E-state index in [0.29, 0.717) is 0 Å². The van der Waals surface area contributed by atoms with Gasteiger partial charge in [-0.3, -0.25) is 0 Å². The van der Waals surface area contributed by atoms with Crippen LogP contribution in [0.15, 0.2) is 22.8 Å². The number of anilines is 1. The van der Waals surface area contributed by atoms with Crippen LogP contribution in [0.4, 0.5) is 10.2 Å². The van der Waals surface area contributed by atoms with E-state index in [9.17, 15) is 4.39 Å². The lowest BCUT2D eigenvalue weighted by Gasteiger charge is -2.05. The lowest BCUT2D eigenvalue weighted by atomic mass is 10.2. The van der Waals surface area contributed by atoms with Crippen molar-refractivity contribution < 1.29 is 4.39 Å². The minimum Gasteiger partial charge on any atom is -0.381 e. The van der Waals surface area contributed by atoms with E-state index in [1.54, 1.807) is 0 Å². The average molecular weight is 316 g/mol. The number of nitriles is 1. The first-order chi connectivity index (χ1) is 8.04. The van der Waals surface area contributed by atoms with E-state index in [1.165, 1.54) is 23.0 Å². The molecule has 2 aromatic rings. The fraction of sp³-hybridized carbons (Fsp3) is 0. The first kappa shape index (κ1) is 11.9. The van der Waals surface area contributed by atoms with Crippen LogP contribution < -0.4 is 5.73 Å². The normalized spacial score (nSPS) is 10.2. The molecule has 0 amide bonds. The van der Waals surface area contributed by atoms with Gasteiger partial charge in [-0.2, -0.15) is 5.26 Å². The Bertz CT molecular complexity index is 612. The Hall–Kier alpha value is -1.58. The predicted molar refractivity (Wildman–Crippen MR) is 65.4 cm³/mol. The Balaban J connectivity index is 2.62. The number of aromatic nitrogens is 2. The van der Waals surface area contributed by atoms with E-state index in [4.69, 9.17) is 22.6 Å². The molecular weight excluding hydrogens is 310 g/mol. The van der Waals surface area contributed by atoms with Crippen LogP contribution in [0.2, 0.25) is 5.02 Å². The second-order valence-corrected chi connectivity index (χ2v) is 4.38. The van der Waals surface area contributed by atoms with Crippen LogP contribution >= 0.6 is 27.5 Å². The standard InChI is InChI=1S/C10H5BrClFN4/c11-8-5(3-14)1-2-7(9(8)13)17-4-6(12)10(15)16-17/h1-2,4H,(H2,15,16). The van der Waals surface area contributed by atoms with Gasteiger partial charge < -0.3 is 5.73 Å². The van der Waals surface area contributed by atoms with Crippen molar-refractivity contribution in [3.05, 3.63) is 39.2 Å². The number of halogens is 3. The molecule has 0 atom stereocenters. The minimum atomic E-state index is -0.594. The summed E-state index contributed by atoms with van der Waals surface area (Å²) in [6, 6.07) is 4.78. The van der Waals surface area contributed by atoms with E-state index in [0.717, 1.165) is 0 Å². The molecule has 2 N–H and O–H groups in total. The maximum atomic E-state index is 13.9. The quantitative estimate of drug-likeness (QED) is 0.880. The van der Waals surface area contributed by atoms with Crippen LogP contribution in [0.1, 0.15) is 5.56 Å². The summed E-state index contributed by atoms with van der Waals surface area (Å²) in [6.45, 7) is 0. The first-order valence-electron chi connectivity index (χ1n) is 4.43. The van der Waals surface area contributed by atoms with Crippen molar-refractivity contribution in [1.29, 1.82) is 5.26 Å². The molecule has 1 aromatic carbocycles. The number of hydrogen-bond donors (Lipinski definition) is 1. The minimum absolute atomic E-state index is 0.0858. The summed E-state index contributed by atoms with van der Waals surface area (Å²) in [5, 5.41) is 12.8. The van der Waals surface area contributed by atoms with Crippen LogP contribution in [-0.2, 0) is 0 Å². The fourth-order valence-electron chi connectivity index (χ4n) is 1.29. The van der Waals surface area contributed by atoms with Crippen molar-refractivity contribution in [2.75, 3.05) is 5.73 Å². The third-order valence-corrected chi connectivity index (χ3v) is 3.19. The highest BCUT2D eigenvalue weighted by Gasteiger charge is 2.14. The number of benzene rings is 1. The van der Waals surface area contributed by atoms with Gasteiger partial charge in [0.25, 0.3) is 0 Å². The molecule has 0 saturated carbocycles. The molecule has 4 nitrogen and oxygen atoms in total. The van der Waals surface area contributed by atoms with Gasteiger partial charge in [-0.05, 0) is 28.1 Å². The third kappa shape index (κ3) is 1.99. The van der Waals surface area contributed by atoms with E-state index in [2.05, 4.69) is 21.0 Å². The van der Waals surface area contributed by atoms with Crippen LogP contribution in [0.25, 0.3) is 5.69 Å². The zero-order chi connectivity index (χ0) is 12.6. The van der Waals surface area contributed by atoms with E-state index >= 15 is 0 Å². The van der Waals surface area contributed by atoms with Gasteiger partial charge in [0.05, 0.1) is 16.2 Å². The Morgan fingerprint density at radius 2 is 2.24 bits per heavy atom. The summed E-state index contributed by atoms with van der Waals surface area (Å²) < 4.78 is 15.2. The predicted octanol–water partition coefficient (Wildman–Crippen LogP) is 2.88. The molecule has 0 radical (unpaired) electrons. The maximum Gasteiger partial charge on any atom is 0.164 e. The van der Waals surface area contributed by atoms with Crippen molar-refractivity contribution in [2.45, 2.75) is 0 Å². The number of rotatable bonds is 1. The second kappa shape index (κ2) is 4.35. The summed E-state index contributed by atoms with van der Waals surface area (Å²) in [7, 11) is 0. The number of nitrogen functional groups attached to an aromatic ring is 1. The molecular formula is C10H5BrClFN4. The summed E-state index contributed by atoms with van der Waals surface area (Å²) in [4.78, 5) is 0. The first-order valence-corrected chi connectivity index (χ1v) is 5.60. The van der Waals surface area contributed by atoms with Gasteiger partial charge >= 0.3 is 0 Å². The Morgan fingerprint density at radius 1 is 1.53 bits per heavy atom. The maximum absolute atomic E-state index is 13.9. The van der Waals surface area contributed by atoms with Crippen LogP contribution in [0.5, 0.6) is 0 Å². The van der Waals surface area contributed by atoms with Crippen molar-refractivity contribution in [2.24, 2.45) is 0 Å². The molecule has 0 aliphatic rings. The molecule has 7 heteroatoms. The highest BCUT2D eigenvalue weighted by atomic mass is 79.9. The highest BCUT2D eigenvalue weighted by Crippen LogP contribution is 2.27. The lowest BCUT2D eigenvalue weighted by Crippen LogP contribution is -2.01. The van der Waals surface area contributed by atoms with E-state index in [-0.39, 0.29) is 26.6 Å². The molecule has 0 spiro atoms. The molecule has 0 bridgehead atoms. The van der Waals surface area contributed by atoms with E-state index in [1.807, 2.05) is 6.07 Å². The van der Waals surface area contributed by atoms with Crippen molar-refractivity contribution in [3.8, 4) is 11.8 Å². The van der Waals surface area contributed by atoms with Gasteiger partial charge in [0.1, 0.15) is 16.8 Å². The van der Waals surface area contributed by atoms with Crippen LogP contribution in [-0.4, -0.2) is 9.78 Å². The van der Waals surface area contributed by atoms with Crippen molar-refractivity contribution in [1.82, 2.24) is 9.78 Å². The smallest absolute Gasteiger partial charge is 0.164 e. The molecule has 0 unspecified atom stereocenters. The van der Waals surface area contributed by atoms with Gasteiger partial charge in [0.2, 0.25) is 0 Å². The van der Waals surface area contributed by atoms with Gasteiger partial charge in [0, 0.05) is 0 Å². The van der Waals surface area contributed by atoms with E-state index < -0.39 is 5.82 Å². The SMILES string of the molecule is N#Cc1ccc(-n2cc(Cl)c(N)n2)c(F)c1Br. The van der Waals surface area contributed by atoms with Gasteiger partial charge in [-0.15, -0.1) is 5.10 Å². The summed E-state index contributed by atoms with van der Waals surface area (Å²) in [5.74, 6) is -0.477. The molecule has 0 fully saturated rings. The summed E-state index contributed by atoms with van der Waals surface area (Å²) in [6.07, 6.45) is 1.40. The van der Waals surface area contributed by atoms with Gasteiger partial charge in [0.15, 0.2) is 11.6 Å². The number of nitrogens with zero attached hydrogens (tertiary/aromatic N) is 3. The van der Waals surface area contributed by atoms with Gasteiger partial charge in [-0.1, -0.05) is 11.6 Å². The molecule has 17 heavy (non-hydrogen) atoms. The summed E-state index contributed by atoms with van der Waals surface area (Å²) >= 11 is 8.75. The Kier molecular flexibility index (Phi) is 3.05. The topological polar surface area (TPSA) is 67.6 Å². The van der Waals surface area contributed by atoms with Crippen molar-refractivity contribution in [3.63, 3.8) is 0 Å². The lowest BCUT2D eigenvalue weighted by molar-refractivity contribution is 0.604. The molecule has 2 rings (SSSR count). The van der Waals surface area contributed by atoms with Crippen LogP contribution in [0, 0.1) is 17.1 Å².